The number of carbonyl (C=O) groups excluding carboxylic acids is 1. The third kappa shape index (κ3) is 7.44. The molecule has 0 saturated carbocycles. The molecule has 0 atom stereocenters. The molecule has 0 bridgehead atoms. The molecular formula is C15H19NO3. The van der Waals surface area contributed by atoms with E-state index in [-0.39, 0.29) is 5.75 Å². The summed E-state index contributed by atoms with van der Waals surface area (Å²) in [6, 6.07) is 13.8. The van der Waals surface area contributed by atoms with Crippen LogP contribution in [0.5, 0.6) is 11.5 Å². The lowest BCUT2D eigenvalue weighted by molar-refractivity contribution is -0.0979. The standard InChI is InChI=1S/C8H10O.C6H7NO.CH2O/c1-2-7-4-3-5-8(9)6-7;7-5-2-1-3-6(8)4-5;1-2/h3-6,9H,2H2,1H3;1-4,8H,7H2;1H2. The number of carbonyl (C=O) groups is 1. The molecule has 0 aromatic heterocycles. The van der Waals surface area contributed by atoms with E-state index in [1.807, 2.05) is 18.9 Å². The first-order valence-corrected chi connectivity index (χ1v) is 5.73. The Morgan fingerprint density at radius 1 is 1.00 bits per heavy atom. The van der Waals surface area contributed by atoms with Crippen molar-refractivity contribution in [3.05, 3.63) is 54.1 Å². The molecule has 0 aliphatic carbocycles. The maximum atomic E-state index is 8.94. The average Bonchev–Trinajstić information content (AvgIpc) is 2.41. The van der Waals surface area contributed by atoms with Gasteiger partial charge in [-0.3, -0.25) is 0 Å². The monoisotopic (exact) mass is 261 g/mol. The van der Waals surface area contributed by atoms with Crippen molar-refractivity contribution >= 4 is 12.5 Å². The van der Waals surface area contributed by atoms with Gasteiger partial charge >= 0.3 is 0 Å². The van der Waals surface area contributed by atoms with Crippen LogP contribution in [0.2, 0.25) is 0 Å². The molecule has 4 heteroatoms. The molecule has 0 aliphatic rings. The predicted octanol–water partition coefficient (Wildman–Crippen LogP) is 2.74. The summed E-state index contributed by atoms with van der Waals surface area (Å²) in [5.41, 5.74) is 7.06. The van der Waals surface area contributed by atoms with Gasteiger partial charge in [-0.1, -0.05) is 25.1 Å². The van der Waals surface area contributed by atoms with E-state index in [4.69, 9.17) is 20.7 Å². The summed E-state index contributed by atoms with van der Waals surface area (Å²) in [5.74, 6) is 0.569. The normalized spacial score (nSPS) is 8.47. The van der Waals surface area contributed by atoms with Gasteiger partial charge in [0.05, 0.1) is 0 Å². The minimum atomic E-state index is 0.213. The van der Waals surface area contributed by atoms with Gasteiger partial charge in [-0.05, 0) is 36.2 Å². The van der Waals surface area contributed by atoms with Gasteiger partial charge in [-0.2, -0.15) is 0 Å². The molecule has 0 unspecified atom stereocenters. The van der Waals surface area contributed by atoms with E-state index in [9.17, 15) is 0 Å². The molecule has 4 nitrogen and oxygen atoms in total. The minimum Gasteiger partial charge on any atom is -0.508 e. The van der Waals surface area contributed by atoms with Crippen LogP contribution in [0.3, 0.4) is 0 Å². The van der Waals surface area contributed by atoms with Crippen molar-refractivity contribution in [3.8, 4) is 11.5 Å². The maximum Gasteiger partial charge on any atom is 0.117 e. The summed E-state index contributed by atoms with van der Waals surface area (Å²) in [5, 5.41) is 17.7. The van der Waals surface area contributed by atoms with Crippen LogP contribution < -0.4 is 5.73 Å². The number of anilines is 1. The number of benzene rings is 2. The molecule has 0 radical (unpaired) electrons. The fourth-order valence-electron chi connectivity index (χ4n) is 1.30. The highest BCUT2D eigenvalue weighted by molar-refractivity contribution is 5.42. The van der Waals surface area contributed by atoms with Crippen LogP contribution in [0, 0.1) is 0 Å². The Morgan fingerprint density at radius 2 is 1.53 bits per heavy atom. The molecule has 0 fully saturated rings. The van der Waals surface area contributed by atoms with Gasteiger partial charge < -0.3 is 20.7 Å². The average molecular weight is 261 g/mol. The van der Waals surface area contributed by atoms with E-state index in [0.29, 0.717) is 11.4 Å². The van der Waals surface area contributed by atoms with Crippen LogP contribution in [0.15, 0.2) is 48.5 Å². The first-order chi connectivity index (χ1) is 9.11. The first-order valence-electron chi connectivity index (χ1n) is 5.73. The second-order valence-corrected chi connectivity index (χ2v) is 3.62. The molecule has 2 aromatic carbocycles. The zero-order chi connectivity index (χ0) is 14.7. The Balaban J connectivity index is 0.000000303. The Bertz CT molecular complexity index is 469. The molecule has 0 amide bonds. The molecule has 0 heterocycles. The maximum absolute atomic E-state index is 8.94. The Hall–Kier alpha value is -2.49. The Morgan fingerprint density at radius 3 is 1.84 bits per heavy atom. The summed E-state index contributed by atoms with van der Waals surface area (Å²) in [6.45, 7) is 4.06. The van der Waals surface area contributed by atoms with Gasteiger partial charge in [0, 0.05) is 11.8 Å². The fraction of sp³-hybridized carbons (Fsp3) is 0.133. The van der Waals surface area contributed by atoms with Gasteiger partial charge in [0.1, 0.15) is 18.3 Å². The lowest BCUT2D eigenvalue weighted by Gasteiger charge is -1.94. The van der Waals surface area contributed by atoms with Crippen molar-refractivity contribution in [3.63, 3.8) is 0 Å². The van der Waals surface area contributed by atoms with Crippen molar-refractivity contribution in [2.75, 3.05) is 5.73 Å². The third-order valence-electron chi connectivity index (χ3n) is 2.19. The largest absolute Gasteiger partial charge is 0.508 e. The van der Waals surface area contributed by atoms with Crippen LogP contribution in [0.1, 0.15) is 12.5 Å². The summed E-state index contributed by atoms with van der Waals surface area (Å²) < 4.78 is 0. The molecule has 19 heavy (non-hydrogen) atoms. The summed E-state index contributed by atoms with van der Waals surface area (Å²) in [6.07, 6.45) is 0.981. The molecule has 102 valence electrons. The number of phenolic OH excluding ortho intramolecular Hbond substituents is 2. The molecule has 2 aromatic rings. The smallest absolute Gasteiger partial charge is 0.117 e. The van der Waals surface area contributed by atoms with Crippen LogP contribution in [-0.4, -0.2) is 17.0 Å². The van der Waals surface area contributed by atoms with Crippen molar-refractivity contribution in [1.29, 1.82) is 0 Å². The second kappa shape index (κ2) is 9.53. The first kappa shape index (κ1) is 16.5. The van der Waals surface area contributed by atoms with Crippen LogP contribution in [-0.2, 0) is 11.2 Å². The molecule has 0 saturated heterocycles. The van der Waals surface area contributed by atoms with Gasteiger partial charge in [0.25, 0.3) is 0 Å². The second-order valence-electron chi connectivity index (χ2n) is 3.62. The molecular weight excluding hydrogens is 242 g/mol. The number of rotatable bonds is 1. The van der Waals surface area contributed by atoms with Crippen LogP contribution >= 0.6 is 0 Å². The molecule has 0 aliphatic heterocycles. The number of aryl methyl sites for hydroxylation is 1. The van der Waals surface area contributed by atoms with Crippen LogP contribution in [0.4, 0.5) is 5.69 Å². The highest BCUT2D eigenvalue weighted by Crippen LogP contribution is 2.11. The van der Waals surface area contributed by atoms with Crippen molar-refractivity contribution in [2.45, 2.75) is 13.3 Å². The SMILES string of the molecule is C=O.CCc1cccc(O)c1.Nc1cccc(O)c1. The van der Waals surface area contributed by atoms with Crippen LogP contribution in [0.25, 0.3) is 0 Å². The lowest BCUT2D eigenvalue weighted by atomic mass is 10.2. The lowest BCUT2D eigenvalue weighted by Crippen LogP contribution is -1.80. The van der Waals surface area contributed by atoms with E-state index in [1.165, 1.54) is 11.6 Å². The van der Waals surface area contributed by atoms with Gasteiger partial charge in [-0.25, -0.2) is 0 Å². The number of nitrogens with two attached hydrogens (primary N) is 1. The van der Waals surface area contributed by atoms with E-state index in [1.54, 1.807) is 30.3 Å². The zero-order valence-corrected chi connectivity index (χ0v) is 10.9. The van der Waals surface area contributed by atoms with E-state index in [0.717, 1.165) is 6.42 Å². The molecule has 2 rings (SSSR count). The number of hydrogen-bond acceptors (Lipinski definition) is 4. The van der Waals surface area contributed by atoms with Crippen molar-refractivity contribution in [2.24, 2.45) is 0 Å². The van der Waals surface area contributed by atoms with E-state index >= 15 is 0 Å². The Kier molecular flexibility index (Phi) is 8.28. The third-order valence-corrected chi connectivity index (χ3v) is 2.19. The van der Waals surface area contributed by atoms with E-state index in [2.05, 4.69) is 6.92 Å². The number of phenols is 2. The topological polar surface area (TPSA) is 83.5 Å². The molecule has 0 spiro atoms. The van der Waals surface area contributed by atoms with Crippen molar-refractivity contribution < 1.29 is 15.0 Å². The zero-order valence-electron chi connectivity index (χ0n) is 10.9. The highest BCUT2D eigenvalue weighted by atomic mass is 16.3. The van der Waals surface area contributed by atoms with Gasteiger partial charge in [0.2, 0.25) is 0 Å². The summed E-state index contributed by atoms with van der Waals surface area (Å²) in [7, 11) is 0. The number of hydrogen-bond donors (Lipinski definition) is 3. The van der Waals surface area contributed by atoms with E-state index < -0.39 is 0 Å². The molecule has 4 N–H and O–H groups in total. The van der Waals surface area contributed by atoms with Gasteiger partial charge in [-0.15, -0.1) is 0 Å². The van der Waals surface area contributed by atoms with Crippen molar-refractivity contribution in [1.82, 2.24) is 0 Å². The fourth-order valence-corrected chi connectivity index (χ4v) is 1.30. The summed E-state index contributed by atoms with van der Waals surface area (Å²) in [4.78, 5) is 8.00. The summed E-state index contributed by atoms with van der Waals surface area (Å²) >= 11 is 0. The highest BCUT2D eigenvalue weighted by Gasteiger charge is 1.87. The number of aromatic hydroxyl groups is 2. The minimum absolute atomic E-state index is 0.213. The Labute approximate surface area is 113 Å². The number of nitrogen functional groups attached to an aromatic ring is 1. The van der Waals surface area contributed by atoms with Gasteiger partial charge in [0.15, 0.2) is 0 Å². The predicted molar refractivity (Wildman–Crippen MR) is 77.1 cm³/mol. The quantitative estimate of drug-likeness (QED) is 0.689.